The Kier molecular flexibility index (Phi) is 7.39. The van der Waals surface area contributed by atoms with Gasteiger partial charge in [-0.3, -0.25) is 4.57 Å². The molecule has 7 heteroatoms. The maximum Gasteiger partial charge on any atom is 0.188 e. The molecule has 0 aliphatic rings. The first-order valence-corrected chi connectivity index (χ1v) is 7.82. The minimum atomic E-state index is 0. The largest absolute Gasteiger partial charge is 0.370 e. The van der Waals surface area contributed by atoms with Gasteiger partial charge in [-0.25, -0.2) is 15.0 Å². The normalized spacial score (nSPS) is 11.0. The molecule has 0 unspecified atom stereocenters. The summed E-state index contributed by atoms with van der Waals surface area (Å²) < 4.78 is 1.86. The van der Waals surface area contributed by atoms with Crippen LogP contribution in [0.5, 0.6) is 0 Å². The Bertz CT molecular complexity index is 786. The summed E-state index contributed by atoms with van der Waals surface area (Å²) in [5, 5.41) is 3.14. The standard InChI is InChI=1S/C18H20N6.HI/c19-18(22-9-6-15-4-2-1-3-5-15)23-13-16-7-8-21-17(12-16)24-11-10-20-14-24;/h1-5,7-8,10-12,14H,6,9,13H2,(H3,19,22,23);1H. The zero-order valence-corrected chi connectivity index (χ0v) is 16.1. The highest BCUT2D eigenvalue weighted by Crippen LogP contribution is 2.07. The molecular formula is C18H21IN6. The van der Waals surface area contributed by atoms with Crippen LogP contribution in [0.15, 0.2) is 72.4 Å². The average molecular weight is 448 g/mol. The number of benzene rings is 1. The van der Waals surface area contributed by atoms with E-state index >= 15 is 0 Å². The molecule has 0 atom stereocenters. The molecule has 0 saturated heterocycles. The van der Waals surface area contributed by atoms with Gasteiger partial charge in [0.25, 0.3) is 0 Å². The number of aliphatic imine (C=N–C) groups is 1. The van der Waals surface area contributed by atoms with Crippen molar-refractivity contribution in [2.24, 2.45) is 10.7 Å². The van der Waals surface area contributed by atoms with E-state index in [0.29, 0.717) is 12.5 Å². The summed E-state index contributed by atoms with van der Waals surface area (Å²) in [6, 6.07) is 14.2. The lowest BCUT2D eigenvalue weighted by atomic mass is 10.1. The van der Waals surface area contributed by atoms with E-state index in [1.165, 1.54) is 5.56 Å². The molecule has 6 nitrogen and oxygen atoms in total. The molecule has 0 saturated carbocycles. The van der Waals surface area contributed by atoms with Gasteiger partial charge in [0.1, 0.15) is 12.1 Å². The number of hydrogen-bond donors (Lipinski definition) is 2. The summed E-state index contributed by atoms with van der Waals surface area (Å²) in [7, 11) is 0. The fraction of sp³-hybridized carbons (Fsp3) is 0.167. The predicted octanol–water partition coefficient (Wildman–Crippen LogP) is 2.53. The molecule has 2 aromatic heterocycles. The van der Waals surface area contributed by atoms with Crippen molar-refractivity contribution in [3.63, 3.8) is 0 Å². The van der Waals surface area contributed by atoms with E-state index in [9.17, 15) is 0 Å². The van der Waals surface area contributed by atoms with E-state index in [4.69, 9.17) is 5.73 Å². The van der Waals surface area contributed by atoms with E-state index in [1.807, 2.05) is 41.1 Å². The number of halogens is 1. The van der Waals surface area contributed by atoms with Crippen molar-refractivity contribution in [2.75, 3.05) is 6.54 Å². The van der Waals surface area contributed by atoms with Gasteiger partial charge in [0.05, 0.1) is 6.54 Å². The van der Waals surface area contributed by atoms with Crippen molar-refractivity contribution in [1.29, 1.82) is 0 Å². The van der Waals surface area contributed by atoms with Crippen LogP contribution in [0.25, 0.3) is 5.82 Å². The zero-order valence-electron chi connectivity index (χ0n) is 13.7. The lowest BCUT2D eigenvalue weighted by molar-refractivity contribution is 0.847. The van der Waals surface area contributed by atoms with Crippen LogP contribution in [-0.2, 0) is 13.0 Å². The van der Waals surface area contributed by atoms with Gasteiger partial charge in [0.2, 0.25) is 0 Å². The molecule has 2 heterocycles. The van der Waals surface area contributed by atoms with E-state index in [1.54, 1.807) is 18.7 Å². The third kappa shape index (κ3) is 5.86. The summed E-state index contributed by atoms with van der Waals surface area (Å²) in [6.45, 7) is 1.27. The minimum absolute atomic E-state index is 0. The Balaban J connectivity index is 0.00000225. The van der Waals surface area contributed by atoms with Crippen molar-refractivity contribution in [1.82, 2.24) is 19.9 Å². The monoisotopic (exact) mass is 448 g/mol. The molecule has 3 N–H and O–H groups in total. The van der Waals surface area contributed by atoms with Crippen molar-refractivity contribution in [3.05, 3.63) is 78.5 Å². The minimum Gasteiger partial charge on any atom is -0.370 e. The molecule has 0 amide bonds. The molecule has 0 fully saturated rings. The average Bonchev–Trinajstić information content (AvgIpc) is 3.16. The number of hydrogen-bond acceptors (Lipinski definition) is 3. The van der Waals surface area contributed by atoms with Crippen LogP contribution in [0.1, 0.15) is 11.1 Å². The highest BCUT2D eigenvalue weighted by molar-refractivity contribution is 14.0. The van der Waals surface area contributed by atoms with Crippen molar-refractivity contribution in [3.8, 4) is 5.82 Å². The van der Waals surface area contributed by atoms with E-state index in [0.717, 1.165) is 24.3 Å². The van der Waals surface area contributed by atoms with Gasteiger partial charge < -0.3 is 11.1 Å². The molecule has 3 aromatic rings. The maximum atomic E-state index is 5.93. The SMILES string of the molecule is I.NC(=NCc1ccnc(-n2ccnc2)c1)NCCc1ccccc1. The van der Waals surface area contributed by atoms with Gasteiger partial charge in [-0.2, -0.15) is 0 Å². The second-order valence-corrected chi connectivity index (χ2v) is 5.36. The summed E-state index contributed by atoms with van der Waals surface area (Å²) in [4.78, 5) is 12.7. The van der Waals surface area contributed by atoms with Crippen LogP contribution < -0.4 is 11.1 Å². The second-order valence-electron chi connectivity index (χ2n) is 5.36. The maximum absolute atomic E-state index is 5.93. The first-order valence-electron chi connectivity index (χ1n) is 7.82. The third-order valence-electron chi connectivity index (χ3n) is 3.57. The number of guanidine groups is 1. The van der Waals surface area contributed by atoms with Crippen LogP contribution in [0.3, 0.4) is 0 Å². The Hall–Kier alpha value is -2.42. The van der Waals surface area contributed by atoms with Gasteiger partial charge in [-0.05, 0) is 29.7 Å². The van der Waals surface area contributed by atoms with Crippen LogP contribution in [0.4, 0.5) is 0 Å². The first-order chi connectivity index (χ1) is 11.8. The Morgan fingerprint density at radius 2 is 1.96 bits per heavy atom. The number of aromatic nitrogens is 3. The van der Waals surface area contributed by atoms with Crippen LogP contribution in [-0.4, -0.2) is 27.0 Å². The fourth-order valence-corrected chi connectivity index (χ4v) is 2.31. The van der Waals surface area contributed by atoms with E-state index < -0.39 is 0 Å². The molecule has 0 aliphatic carbocycles. The lowest BCUT2D eigenvalue weighted by Crippen LogP contribution is -2.33. The predicted molar refractivity (Wildman–Crippen MR) is 110 cm³/mol. The number of nitrogens with zero attached hydrogens (tertiary/aromatic N) is 4. The number of imidazole rings is 1. The fourth-order valence-electron chi connectivity index (χ4n) is 2.31. The summed E-state index contributed by atoms with van der Waals surface area (Å²) in [5.41, 5.74) is 8.24. The molecule has 3 rings (SSSR count). The van der Waals surface area contributed by atoms with E-state index in [-0.39, 0.29) is 24.0 Å². The van der Waals surface area contributed by atoms with Gasteiger partial charge in [0.15, 0.2) is 5.96 Å². The molecule has 0 spiro atoms. The van der Waals surface area contributed by atoms with Crippen molar-refractivity contribution < 1.29 is 0 Å². The Morgan fingerprint density at radius 1 is 1.12 bits per heavy atom. The van der Waals surface area contributed by atoms with Gasteiger partial charge in [-0.15, -0.1) is 24.0 Å². The summed E-state index contributed by atoms with van der Waals surface area (Å²) in [5.74, 6) is 1.27. The van der Waals surface area contributed by atoms with Gasteiger partial charge in [0, 0.05) is 25.1 Å². The Labute approximate surface area is 164 Å². The molecule has 130 valence electrons. The zero-order chi connectivity index (χ0) is 16.6. The highest BCUT2D eigenvalue weighted by atomic mass is 127. The number of pyridine rings is 1. The third-order valence-corrected chi connectivity index (χ3v) is 3.57. The van der Waals surface area contributed by atoms with Gasteiger partial charge in [-0.1, -0.05) is 30.3 Å². The molecule has 0 radical (unpaired) electrons. The first kappa shape index (κ1) is 18.9. The lowest BCUT2D eigenvalue weighted by Gasteiger charge is -2.06. The van der Waals surface area contributed by atoms with Gasteiger partial charge >= 0.3 is 0 Å². The summed E-state index contributed by atoms with van der Waals surface area (Å²) >= 11 is 0. The van der Waals surface area contributed by atoms with Crippen molar-refractivity contribution >= 4 is 29.9 Å². The molecule has 0 bridgehead atoms. The van der Waals surface area contributed by atoms with Crippen LogP contribution in [0.2, 0.25) is 0 Å². The van der Waals surface area contributed by atoms with Crippen LogP contribution in [0, 0.1) is 0 Å². The van der Waals surface area contributed by atoms with Crippen molar-refractivity contribution in [2.45, 2.75) is 13.0 Å². The van der Waals surface area contributed by atoms with Crippen LogP contribution >= 0.6 is 24.0 Å². The topological polar surface area (TPSA) is 81.1 Å². The summed E-state index contributed by atoms with van der Waals surface area (Å²) in [6.07, 6.45) is 7.97. The smallest absolute Gasteiger partial charge is 0.188 e. The quantitative estimate of drug-likeness (QED) is 0.345. The Morgan fingerprint density at radius 3 is 2.72 bits per heavy atom. The molecule has 25 heavy (non-hydrogen) atoms. The second kappa shape index (κ2) is 9.77. The molecular weight excluding hydrogens is 427 g/mol. The number of nitrogens with two attached hydrogens (primary N) is 1. The molecule has 1 aromatic carbocycles. The highest BCUT2D eigenvalue weighted by Gasteiger charge is 2.00. The van der Waals surface area contributed by atoms with E-state index in [2.05, 4.69) is 32.4 Å². The number of rotatable bonds is 6. The number of nitrogens with one attached hydrogen (secondary N) is 1. The molecule has 0 aliphatic heterocycles.